The summed E-state index contributed by atoms with van der Waals surface area (Å²) in [6.45, 7) is 2.75. The molecule has 0 saturated heterocycles. The molecule has 1 aromatic carbocycles. The minimum absolute atomic E-state index is 0.740. The van der Waals surface area contributed by atoms with Crippen molar-refractivity contribution in [1.29, 1.82) is 0 Å². The van der Waals surface area contributed by atoms with Gasteiger partial charge in [0.05, 0.1) is 0 Å². The van der Waals surface area contributed by atoms with Crippen molar-refractivity contribution in [1.82, 2.24) is 20.2 Å². The number of hydrogen-bond acceptors (Lipinski definition) is 4. The molecule has 1 aromatic heterocycles. The van der Waals surface area contributed by atoms with Gasteiger partial charge in [-0.3, -0.25) is 0 Å². The van der Waals surface area contributed by atoms with Crippen molar-refractivity contribution in [2.45, 2.75) is 13.5 Å². The van der Waals surface area contributed by atoms with Gasteiger partial charge in [0.15, 0.2) is 5.82 Å². The lowest BCUT2D eigenvalue weighted by molar-refractivity contribution is 0.631. The Kier molecular flexibility index (Phi) is 2.14. The molecule has 2 rings (SSSR count). The molecule has 0 radical (unpaired) electrons. The summed E-state index contributed by atoms with van der Waals surface area (Å²) >= 11 is 0. The molecule has 5 heteroatoms. The Balaban J connectivity index is 2.44. The van der Waals surface area contributed by atoms with Gasteiger partial charge in [-0.2, -0.15) is 0 Å². The largest absolute Gasteiger partial charge is 0.399 e. The first-order valence-corrected chi connectivity index (χ1v) is 4.43. The second-order valence-electron chi connectivity index (χ2n) is 2.94. The van der Waals surface area contributed by atoms with Crippen LogP contribution in [0.15, 0.2) is 24.3 Å². The van der Waals surface area contributed by atoms with Gasteiger partial charge < -0.3 is 5.73 Å². The first-order valence-electron chi connectivity index (χ1n) is 4.43. The van der Waals surface area contributed by atoms with Crippen molar-refractivity contribution in [2.75, 3.05) is 5.73 Å². The van der Waals surface area contributed by atoms with Gasteiger partial charge >= 0.3 is 0 Å². The van der Waals surface area contributed by atoms with Gasteiger partial charge in [-0.25, -0.2) is 4.68 Å². The molecule has 0 fully saturated rings. The van der Waals surface area contributed by atoms with Crippen LogP contribution in [0.25, 0.3) is 11.4 Å². The van der Waals surface area contributed by atoms with Crippen LogP contribution in [0.5, 0.6) is 0 Å². The number of anilines is 1. The molecular formula is C9H11N5. The molecule has 0 aliphatic rings. The molecule has 14 heavy (non-hydrogen) atoms. The van der Waals surface area contributed by atoms with Crippen LogP contribution >= 0.6 is 0 Å². The molecule has 2 aromatic rings. The smallest absolute Gasteiger partial charge is 0.182 e. The topological polar surface area (TPSA) is 69.6 Å². The number of benzene rings is 1. The van der Waals surface area contributed by atoms with E-state index in [1.165, 1.54) is 0 Å². The van der Waals surface area contributed by atoms with Crippen LogP contribution < -0.4 is 5.73 Å². The molecule has 0 atom stereocenters. The fourth-order valence-corrected chi connectivity index (χ4v) is 1.26. The lowest BCUT2D eigenvalue weighted by Crippen LogP contribution is -1.99. The Bertz CT molecular complexity index is 417. The van der Waals surface area contributed by atoms with Crippen molar-refractivity contribution in [3.63, 3.8) is 0 Å². The summed E-state index contributed by atoms with van der Waals surface area (Å²) in [7, 11) is 0. The maximum atomic E-state index is 5.59. The third kappa shape index (κ3) is 1.44. The van der Waals surface area contributed by atoms with Gasteiger partial charge in [0.1, 0.15) is 0 Å². The highest BCUT2D eigenvalue weighted by atomic mass is 15.5. The molecule has 2 N–H and O–H groups in total. The lowest BCUT2D eigenvalue weighted by Gasteiger charge is -2.00. The summed E-state index contributed by atoms with van der Waals surface area (Å²) in [5.41, 5.74) is 7.31. The highest BCUT2D eigenvalue weighted by molar-refractivity contribution is 5.58. The van der Waals surface area contributed by atoms with E-state index in [0.717, 1.165) is 23.6 Å². The maximum absolute atomic E-state index is 5.59. The average molecular weight is 189 g/mol. The maximum Gasteiger partial charge on any atom is 0.182 e. The Labute approximate surface area is 81.5 Å². The number of tetrazole rings is 1. The highest BCUT2D eigenvalue weighted by Crippen LogP contribution is 2.16. The Hall–Kier alpha value is -1.91. The van der Waals surface area contributed by atoms with Crippen LogP contribution in [-0.2, 0) is 6.54 Å². The molecule has 0 saturated carbocycles. The van der Waals surface area contributed by atoms with Gasteiger partial charge in [0, 0.05) is 17.8 Å². The third-order valence-electron chi connectivity index (χ3n) is 2.00. The third-order valence-corrected chi connectivity index (χ3v) is 2.00. The normalized spacial score (nSPS) is 10.4. The van der Waals surface area contributed by atoms with E-state index < -0.39 is 0 Å². The van der Waals surface area contributed by atoms with Crippen molar-refractivity contribution >= 4 is 5.69 Å². The summed E-state index contributed by atoms with van der Waals surface area (Å²) in [6, 6.07) is 7.49. The lowest BCUT2D eigenvalue weighted by atomic mass is 10.2. The van der Waals surface area contributed by atoms with Crippen molar-refractivity contribution in [3.8, 4) is 11.4 Å². The summed E-state index contributed by atoms with van der Waals surface area (Å²) < 4.78 is 1.74. The monoisotopic (exact) mass is 189 g/mol. The minimum Gasteiger partial charge on any atom is -0.399 e. The Morgan fingerprint density at radius 3 is 2.64 bits per heavy atom. The van der Waals surface area contributed by atoms with E-state index >= 15 is 0 Å². The molecule has 0 unspecified atom stereocenters. The van der Waals surface area contributed by atoms with Crippen molar-refractivity contribution < 1.29 is 0 Å². The molecule has 72 valence electrons. The van der Waals surface area contributed by atoms with Crippen molar-refractivity contribution in [2.24, 2.45) is 0 Å². The summed E-state index contributed by atoms with van der Waals surface area (Å²) in [6.07, 6.45) is 0. The van der Waals surface area contributed by atoms with Crippen LogP contribution in [0, 0.1) is 0 Å². The van der Waals surface area contributed by atoms with Crippen LogP contribution in [0.3, 0.4) is 0 Å². The van der Waals surface area contributed by atoms with Gasteiger partial charge in [-0.05, 0) is 41.6 Å². The van der Waals surface area contributed by atoms with Gasteiger partial charge in [-0.1, -0.05) is 0 Å². The van der Waals surface area contributed by atoms with Crippen LogP contribution in [-0.4, -0.2) is 20.2 Å². The number of nitrogens with two attached hydrogens (primary N) is 1. The number of aromatic nitrogens is 4. The second-order valence-corrected chi connectivity index (χ2v) is 2.94. The minimum atomic E-state index is 0.740. The number of nitrogens with zero attached hydrogens (tertiary/aromatic N) is 4. The fraction of sp³-hybridized carbons (Fsp3) is 0.222. The fourth-order valence-electron chi connectivity index (χ4n) is 1.26. The number of hydrogen-bond donors (Lipinski definition) is 1. The van der Waals surface area contributed by atoms with Crippen LogP contribution in [0.1, 0.15) is 6.92 Å². The second kappa shape index (κ2) is 3.45. The number of aryl methyl sites for hydroxylation is 1. The SMILES string of the molecule is CCn1nnnc1-c1ccc(N)cc1. The van der Waals surface area contributed by atoms with E-state index in [0.29, 0.717) is 0 Å². The molecule has 0 spiro atoms. The standard InChI is InChI=1S/C9H11N5/c1-2-14-9(11-12-13-14)7-3-5-8(10)6-4-7/h3-6H,2,10H2,1H3. The van der Waals surface area contributed by atoms with Crippen molar-refractivity contribution in [3.05, 3.63) is 24.3 Å². The van der Waals surface area contributed by atoms with E-state index in [2.05, 4.69) is 15.5 Å². The summed E-state index contributed by atoms with van der Waals surface area (Å²) in [5.74, 6) is 0.771. The molecule has 0 amide bonds. The summed E-state index contributed by atoms with van der Waals surface area (Å²) in [4.78, 5) is 0. The van der Waals surface area contributed by atoms with Crippen LogP contribution in [0.4, 0.5) is 5.69 Å². The molecular weight excluding hydrogens is 178 g/mol. The van der Waals surface area contributed by atoms with Crippen LogP contribution in [0.2, 0.25) is 0 Å². The van der Waals surface area contributed by atoms with Gasteiger partial charge in [0.2, 0.25) is 0 Å². The van der Waals surface area contributed by atoms with E-state index in [1.54, 1.807) is 4.68 Å². The quantitative estimate of drug-likeness (QED) is 0.714. The highest BCUT2D eigenvalue weighted by Gasteiger charge is 2.05. The molecule has 0 bridgehead atoms. The molecule has 5 nitrogen and oxygen atoms in total. The van der Waals surface area contributed by atoms with E-state index in [4.69, 9.17) is 5.73 Å². The van der Waals surface area contributed by atoms with E-state index in [9.17, 15) is 0 Å². The number of rotatable bonds is 2. The first kappa shape index (κ1) is 8.68. The van der Waals surface area contributed by atoms with E-state index in [-0.39, 0.29) is 0 Å². The zero-order valence-electron chi connectivity index (χ0n) is 7.88. The molecule has 0 aliphatic heterocycles. The Morgan fingerprint density at radius 1 is 1.29 bits per heavy atom. The number of nitrogen functional groups attached to an aromatic ring is 1. The predicted octanol–water partition coefficient (Wildman–Crippen LogP) is 0.942. The summed E-state index contributed by atoms with van der Waals surface area (Å²) in [5, 5.41) is 11.4. The average Bonchev–Trinajstić information content (AvgIpc) is 2.67. The zero-order valence-corrected chi connectivity index (χ0v) is 7.88. The van der Waals surface area contributed by atoms with E-state index in [1.807, 2.05) is 31.2 Å². The molecule has 1 heterocycles. The van der Waals surface area contributed by atoms with Gasteiger partial charge in [-0.15, -0.1) is 5.10 Å². The Morgan fingerprint density at radius 2 is 2.00 bits per heavy atom. The zero-order chi connectivity index (χ0) is 9.97. The first-order chi connectivity index (χ1) is 6.81. The predicted molar refractivity (Wildman–Crippen MR) is 53.3 cm³/mol. The van der Waals surface area contributed by atoms with Gasteiger partial charge in [0.25, 0.3) is 0 Å². The molecule has 0 aliphatic carbocycles.